The van der Waals surface area contributed by atoms with Crippen LogP contribution < -0.4 is 0 Å². The summed E-state index contributed by atoms with van der Waals surface area (Å²) in [5.41, 5.74) is 0.433. The molecule has 1 fully saturated rings. The van der Waals surface area contributed by atoms with Gasteiger partial charge in [-0.15, -0.1) is 11.3 Å². The van der Waals surface area contributed by atoms with Crippen molar-refractivity contribution in [2.75, 3.05) is 13.1 Å². The van der Waals surface area contributed by atoms with E-state index < -0.39 is 17.6 Å². The Morgan fingerprint density at radius 1 is 1.26 bits per heavy atom. The van der Waals surface area contributed by atoms with Crippen molar-refractivity contribution in [2.24, 2.45) is 5.92 Å². The Kier molecular flexibility index (Phi) is 4.73. The molecule has 1 saturated heterocycles. The van der Waals surface area contributed by atoms with Gasteiger partial charge in [0.2, 0.25) is 0 Å². The van der Waals surface area contributed by atoms with Crippen LogP contribution in [0.4, 0.5) is 8.78 Å². The first kappa shape index (κ1) is 16.1. The van der Waals surface area contributed by atoms with Gasteiger partial charge in [0.15, 0.2) is 0 Å². The Balaban J connectivity index is 1.90. The molecule has 2 heterocycles. The quantitative estimate of drug-likeness (QED) is 0.919. The zero-order valence-corrected chi connectivity index (χ0v) is 13.2. The minimum absolute atomic E-state index is 0.301. The first-order chi connectivity index (χ1) is 11.1. The highest BCUT2D eigenvalue weighted by Crippen LogP contribution is 2.36. The molecule has 122 valence electrons. The van der Waals surface area contributed by atoms with Crippen LogP contribution in [0.5, 0.6) is 0 Å². The maximum absolute atomic E-state index is 14.3. The first-order valence-electron chi connectivity index (χ1n) is 7.51. The van der Waals surface area contributed by atoms with Crippen LogP contribution in [0.2, 0.25) is 0 Å². The number of halogens is 2. The molecule has 6 heteroatoms. The number of piperidine rings is 1. The summed E-state index contributed by atoms with van der Waals surface area (Å²) in [4.78, 5) is 14.2. The molecule has 0 aliphatic carbocycles. The largest absolute Gasteiger partial charge is 0.481 e. The first-order valence-corrected chi connectivity index (χ1v) is 8.39. The van der Waals surface area contributed by atoms with Gasteiger partial charge >= 0.3 is 5.97 Å². The highest BCUT2D eigenvalue weighted by atomic mass is 32.1. The van der Waals surface area contributed by atoms with Crippen LogP contribution in [0.25, 0.3) is 0 Å². The minimum atomic E-state index is -0.773. The van der Waals surface area contributed by atoms with E-state index in [1.807, 2.05) is 17.5 Å². The number of carbonyl (C=O) groups is 1. The number of hydrogen-bond donors (Lipinski definition) is 1. The zero-order chi connectivity index (χ0) is 16.4. The lowest BCUT2D eigenvalue weighted by molar-refractivity contribution is -0.143. The van der Waals surface area contributed by atoms with Crippen LogP contribution in [-0.2, 0) is 4.79 Å². The molecular weight excluding hydrogens is 320 g/mol. The molecule has 3 rings (SSSR count). The fourth-order valence-corrected chi connectivity index (χ4v) is 3.98. The fraction of sp³-hybridized carbons (Fsp3) is 0.353. The molecule has 2 aromatic rings. The van der Waals surface area contributed by atoms with E-state index in [1.165, 1.54) is 23.5 Å². The lowest BCUT2D eigenvalue weighted by atomic mass is 9.93. The number of hydrogen-bond acceptors (Lipinski definition) is 3. The predicted molar refractivity (Wildman–Crippen MR) is 84.5 cm³/mol. The molecule has 0 bridgehead atoms. The SMILES string of the molecule is O=C(O)C1CCN(C(c2cccs2)c2ccc(F)cc2F)CC1. The molecule has 1 aliphatic rings. The van der Waals surface area contributed by atoms with Crippen LogP contribution in [0.15, 0.2) is 35.7 Å². The van der Waals surface area contributed by atoms with Crippen molar-refractivity contribution >= 4 is 17.3 Å². The smallest absolute Gasteiger partial charge is 0.306 e. The summed E-state index contributed by atoms with van der Waals surface area (Å²) in [5, 5.41) is 11.0. The molecule has 1 aliphatic heterocycles. The summed E-state index contributed by atoms with van der Waals surface area (Å²) in [7, 11) is 0. The van der Waals surface area contributed by atoms with Crippen LogP contribution in [-0.4, -0.2) is 29.1 Å². The normalized spacial score (nSPS) is 18.0. The van der Waals surface area contributed by atoms with Gasteiger partial charge in [-0.2, -0.15) is 0 Å². The van der Waals surface area contributed by atoms with Crippen molar-refractivity contribution in [1.82, 2.24) is 4.90 Å². The second-order valence-electron chi connectivity index (χ2n) is 5.73. The predicted octanol–water partition coefficient (Wildman–Crippen LogP) is 3.91. The van der Waals surface area contributed by atoms with Gasteiger partial charge in [0.05, 0.1) is 12.0 Å². The number of rotatable bonds is 4. The average molecular weight is 337 g/mol. The minimum Gasteiger partial charge on any atom is -0.481 e. The van der Waals surface area contributed by atoms with E-state index in [1.54, 1.807) is 0 Å². The van der Waals surface area contributed by atoms with Gasteiger partial charge in [-0.1, -0.05) is 12.1 Å². The molecule has 23 heavy (non-hydrogen) atoms. The molecule has 0 spiro atoms. The lowest BCUT2D eigenvalue weighted by Gasteiger charge is -2.36. The highest BCUT2D eigenvalue weighted by molar-refractivity contribution is 7.10. The van der Waals surface area contributed by atoms with Crippen molar-refractivity contribution in [3.63, 3.8) is 0 Å². The van der Waals surface area contributed by atoms with E-state index in [4.69, 9.17) is 5.11 Å². The molecule has 1 aromatic heterocycles. The standard InChI is InChI=1S/C17H17F2NO2S/c18-12-3-4-13(14(19)10-12)16(15-2-1-9-23-15)20-7-5-11(6-8-20)17(21)22/h1-4,9-11,16H,5-8H2,(H,21,22). The third kappa shape index (κ3) is 3.43. The molecule has 0 saturated carbocycles. The van der Waals surface area contributed by atoms with Crippen LogP contribution in [0, 0.1) is 17.6 Å². The van der Waals surface area contributed by atoms with Gasteiger partial charge in [0.25, 0.3) is 0 Å². The van der Waals surface area contributed by atoms with Crippen LogP contribution in [0.3, 0.4) is 0 Å². The molecule has 3 nitrogen and oxygen atoms in total. The van der Waals surface area contributed by atoms with Gasteiger partial charge < -0.3 is 5.11 Å². The highest BCUT2D eigenvalue weighted by Gasteiger charge is 2.31. The molecule has 0 radical (unpaired) electrons. The number of likely N-dealkylation sites (tertiary alicyclic amines) is 1. The lowest BCUT2D eigenvalue weighted by Crippen LogP contribution is -2.39. The Bertz CT molecular complexity index is 682. The molecule has 1 N–H and O–H groups in total. The Morgan fingerprint density at radius 2 is 2.00 bits per heavy atom. The van der Waals surface area contributed by atoms with Crippen molar-refractivity contribution in [1.29, 1.82) is 0 Å². The summed E-state index contributed by atoms with van der Waals surface area (Å²) in [5.74, 6) is -2.27. The van der Waals surface area contributed by atoms with Crippen molar-refractivity contribution in [3.05, 3.63) is 57.8 Å². The number of carboxylic acid groups (broad SMARTS) is 1. The Morgan fingerprint density at radius 3 is 2.57 bits per heavy atom. The Hall–Kier alpha value is -1.79. The summed E-state index contributed by atoms with van der Waals surface area (Å²) < 4.78 is 27.5. The van der Waals surface area contributed by atoms with Crippen LogP contribution >= 0.6 is 11.3 Å². The second-order valence-corrected chi connectivity index (χ2v) is 6.71. The molecule has 1 unspecified atom stereocenters. The third-order valence-electron chi connectivity index (χ3n) is 4.31. The third-order valence-corrected chi connectivity index (χ3v) is 5.24. The van der Waals surface area contributed by atoms with Gasteiger partial charge in [0.1, 0.15) is 11.6 Å². The fourth-order valence-electron chi connectivity index (χ4n) is 3.10. The van der Waals surface area contributed by atoms with Crippen LogP contribution in [0.1, 0.15) is 29.3 Å². The average Bonchev–Trinajstić information content (AvgIpc) is 3.04. The summed E-state index contributed by atoms with van der Waals surface area (Å²) in [6, 6.07) is 7.19. The molecule has 1 atom stereocenters. The van der Waals surface area contributed by atoms with E-state index in [0.717, 1.165) is 10.9 Å². The van der Waals surface area contributed by atoms with Gasteiger partial charge in [0, 0.05) is 16.5 Å². The summed E-state index contributed by atoms with van der Waals surface area (Å²) >= 11 is 1.52. The molecule has 1 aromatic carbocycles. The second kappa shape index (κ2) is 6.76. The van der Waals surface area contributed by atoms with E-state index in [9.17, 15) is 13.6 Å². The number of aliphatic carboxylic acids is 1. The van der Waals surface area contributed by atoms with Gasteiger partial charge in [-0.25, -0.2) is 8.78 Å². The van der Waals surface area contributed by atoms with Crippen molar-refractivity contribution < 1.29 is 18.7 Å². The van der Waals surface area contributed by atoms with E-state index in [0.29, 0.717) is 31.5 Å². The molecular formula is C17H17F2NO2S. The van der Waals surface area contributed by atoms with E-state index in [-0.39, 0.29) is 12.0 Å². The number of benzene rings is 1. The summed E-state index contributed by atoms with van der Waals surface area (Å²) in [6.07, 6.45) is 1.08. The van der Waals surface area contributed by atoms with Gasteiger partial charge in [-0.05, 0) is 43.4 Å². The number of nitrogens with zero attached hydrogens (tertiary/aromatic N) is 1. The number of thiophene rings is 1. The summed E-state index contributed by atoms with van der Waals surface area (Å²) in [6.45, 7) is 1.16. The maximum atomic E-state index is 14.3. The topological polar surface area (TPSA) is 40.5 Å². The van der Waals surface area contributed by atoms with Gasteiger partial charge in [-0.3, -0.25) is 9.69 Å². The Labute approximate surface area is 137 Å². The number of carboxylic acids is 1. The van der Waals surface area contributed by atoms with E-state index >= 15 is 0 Å². The maximum Gasteiger partial charge on any atom is 0.306 e. The van der Waals surface area contributed by atoms with Crippen molar-refractivity contribution in [3.8, 4) is 0 Å². The van der Waals surface area contributed by atoms with Crippen molar-refractivity contribution in [2.45, 2.75) is 18.9 Å². The zero-order valence-electron chi connectivity index (χ0n) is 12.4. The monoisotopic (exact) mass is 337 g/mol. The van der Waals surface area contributed by atoms with E-state index in [2.05, 4.69) is 4.90 Å². The molecule has 0 amide bonds.